The molecule has 0 unspecified atom stereocenters. The number of hydrogen-bond donors (Lipinski definition) is 3. The van der Waals surface area contributed by atoms with Crippen LogP contribution < -0.4 is 20.7 Å². The molecule has 8 heteroatoms. The summed E-state index contributed by atoms with van der Waals surface area (Å²) in [6.45, 7) is 4.99. The lowest BCUT2D eigenvalue weighted by molar-refractivity contribution is -0.116. The molecule has 2 rings (SSSR count). The zero-order valence-electron chi connectivity index (χ0n) is 18.3. The van der Waals surface area contributed by atoms with Crippen molar-refractivity contribution in [2.75, 3.05) is 24.3 Å². The van der Waals surface area contributed by atoms with Gasteiger partial charge in [-0.2, -0.15) is 0 Å². The van der Waals surface area contributed by atoms with Gasteiger partial charge in [0.05, 0.1) is 7.11 Å². The molecule has 0 atom stereocenters. The molecule has 0 saturated heterocycles. The van der Waals surface area contributed by atoms with Crippen LogP contribution in [0.1, 0.15) is 32.8 Å². The average molecular weight is 428 g/mol. The van der Waals surface area contributed by atoms with Gasteiger partial charge in [-0.15, -0.1) is 0 Å². The highest BCUT2D eigenvalue weighted by molar-refractivity contribution is 5.95. The summed E-state index contributed by atoms with van der Waals surface area (Å²) >= 11 is 0. The summed E-state index contributed by atoms with van der Waals surface area (Å²) < 4.78 is 10.3. The number of nitrogens with one attached hydrogen (secondary N) is 3. The molecule has 166 valence electrons. The minimum Gasteiger partial charge on any atom is -0.497 e. The van der Waals surface area contributed by atoms with Crippen molar-refractivity contribution in [3.63, 3.8) is 0 Å². The van der Waals surface area contributed by atoms with Gasteiger partial charge in [0.1, 0.15) is 17.9 Å². The van der Waals surface area contributed by atoms with Crippen molar-refractivity contribution in [2.45, 2.75) is 39.2 Å². The highest BCUT2D eigenvalue weighted by Crippen LogP contribution is 2.17. The van der Waals surface area contributed by atoms with Gasteiger partial charge in [0.15, 0.2) is 0 Å². The minimum atomic E-state index is -0.667. The Kier molecular flexibility index (Phi) is 8.43. The first-order chi connectivity index (χ1) is 14.6. The summed E-state index contributed by atoms with van der Waals surface area (Å²) in [5.74, 6) is 0.202. The Morgan fingerprint density at radius 2 is 1.55 bits per heavy atom. The zero-order chi connectivity index (χ0) is 22.9. The van der Waals surface area contributed by atoms with E-state index < -0.39 is 17.6 Å². The van der Waals surface area contributed by atoms with Gasteiger partial charge in [0.25, 0.3) is 0 Å². The second-order valence-electron chi connectivity index (χ2n) is 7.88. The standard InChI is InChI=1S/C23H29N3O5/c1-23(2,3)31-22(29)24-15-21(28)26-18-9-6-8-17(14-18)25-20(27)12-11-16-7-5-10-19(13-16)30-4/h5-10,13-14H,11-12,15H2,1-4H3,(H,24,29)(H,25,27)(H,26,28). The van der Waals surface area contributed by atoms with Crippen LogP contribution in [0.25, 0.3) is 0 Å². The Morgan fingerprint density at radius 1 is 0.903 bits per heavy atom. The summed E-state index contributed by atoms with van der Waals surface area (Å²) in [5.41, 5.74) is 1.43. The molecule has 3 N–H and O–H groups in total. The lowest BCUT2D eigenvalue weighted by atomic mass is 10.1. The monoisotopic (exact) mass is 427 g/mol. The third-order valence-electron chi connectivity index (χ3n) is 4.00. The van der Waals surface area contributed by atoms with Crippen LogP contribution in [0.5, 0.6) is 5.75 Å². The van der Waals surface area contributed by atoms with Gasteiger partial charge in [-0.3, -0.25) is 9.59 Å². The van der Waals surface area contributed by atoms with Crippen LogP contribution >= 0.6 is 0 Å². The zero-order valence-corrected chi connectivity index (χ0v) is 18.3. The fraction of sp³-hybridized carbons (Fsp3) is 0.348. The maximum absolute atomic E-state index is 12.3. The van der Waals surface area contributed by atoms with E-state index in [2.05, 4.69) is 16.0 Å². The number of rotatable bonds is 8. The van der Waals surface area contributed by atoms with Gasteiger partial charge >= 0.3 is 6.09 Å². The van der Waals surface area contributed by atoms with E-state index in [4.69, 9.17) is 9.47 Å². The van der Waals surface area contributed by atoms with Crippen LogP contribution in [0, 0.1) is 0 Å². The van der Waals surface area contributed by atoms with Crippen LogP contribution in [0.4, 0.5) is 16.2 Å². The van der Waals surface area contributed by atoms with Crippen molar-refractivity contribution in [1.82, 2.24) is 5.32 Å². The second-order valence-corrected chi connectivity index (χ2v) is 7.88. The molecule has 0 bridgehead atoms. The fourth-order valence-corrected chi connectivity index (χ4v) is 2.66. The van der Waals surface area contributed by atoms with Crippen molar-refractivity contribution >= 4 is 29.3 Å². The third kappa shape index (κ3) is 9.20. The number of hydrogen-bond acceptors (Lipinski definition) is 5. The van der Waals surface area contributed by atoms with Crippen molar-refractivity contribution in [3.8, 4) is 5.75 Å². The molecule has 2 aromatic rings. The normalized spacial score (nSPS) is 10.7. The quantitative estimate of drug-likeness (QED) is 0.595. The average Bonchev–Trinajstić information content (AvgIpc) is 2.70. The van der Waals surface area contributed by atoms with Crippen LogP contribution in [-0.4, -0.2) is 37.2 Å². The van der Waals surface area contributed by atoms with E-state index in [9.17, 15) is 14.4 Å². The maximum Gasteiger partial charge on any atom is 0.408 e. The van der Waals surface area contributed by atoms with Gasteiger partial charge in [0, 0.05) is 17.8 Å². The number of amides is 3. The number of carbonyl (C=O) groups is 3. The number of methoxy groups -OCH3 is 1. The van der Waals surface area contributed by atoms with Gasteiger partial charge < -0.3 is 25.4 Å². The van der Waals surface area contributed by atoms with E-state index in [1.54, 1.807) is 52.1 Å². The molecule has 0 fully saturated rings. The number of alkyl carbamates (subject to hydrolysis) is 1. The Bertz CT molecular complexity index is 921. The first-order valence-electron chi connectivity index (χ1n) is 9.94. The van der Waals surface area contributed by atoms with Crippen molar-refractivity contribution in [1.29, 1.82) is 0 Å². The van der Waals surface area contributed by atoms with Crippen molar-refractivity contribution in [2.24, 2.45) is 0 Å². The maximum atomic E-state index is 12.3. The number of aryl methyl sites for hydroxylation is 1. The lowest BCUT2D eigenvalue weighted by Gasteiger charge is -2.19. The highest BCUT2D eigenvalue weighted by atomic mass is 16.6. The van der Waals surface area contributed by atoms with E-state index >= 15 is 0 Å². The SMILES string of the molecule is COc1cccc(CCC(=O)Nc2cccc(NC(=O)CNC(=O)OC(C)(C)C)c2)c1. The largest absolute Gasteiger partial charge is 0.497 e. The van der Waals surface area contributed by atoms with Crippen molar-refractivity contribution < 1.29 is 23.9 Å². The highest BCUT2D eigenvalue weighted by Gasteiger charge is 2.16. The van der Waals surface area contributed by atoms with E-state index in [-0.39, 0.29) is 12.5 Å². The van der Waals surface area contributed by atoms with E-state index in [0.717, 1.165) is 11.3 Å². The first kappa shape index (κ1) is 23.7. The number of carbonyl (C=O) groups excluding carboxylic acids is 3. The third-order valence-corrected chi connectivity index (χ3v) is 4.00. The molecule has 2 aromatic carbocycles. The molecule has 0 saturated carbocycles. The molecule has 31 heavy (non-hydrogen) atoms. The molecule has 0 aliphatic heterocycles. The Morgan fingerprint density at radius 3 is 2.19 bits per heavy atom. The molecule has 0 aliphatic carbocycles. The molecular weight excluding hydrogens is 398 g/mol. The summed E-state index contributed by atoms with van der Waals surface area (Å²) in [6, 6.07) is 14.4. The molecule has 0 aliphatic rings. The second kappa shape index (κ2) is 11.0. The Balaban J connectivity index is 1.82. The Labute approximate surface area is 182 Å². The molecule has 3 amide bonds. The van der Waals surface area contributed by atoms with Crippen LogP contribution in [-0.2, 0) is 20.7 Å². The smallest absolute Gasteiger partial charge is 0.408 e. The topological polar surface area (TPSA) is 106 Å². The van der Waals surface area contributed by atoms with E-state index in [1.165, 1.54) is 0 Å². The summed E-state index contributed by atoms with van der Waals surface area (Å²) in [6.07, 6.45) is 0.221. The van der Waals surface area contributed by atoms with Crippen LogP contribution in [0.15, 0.2) is 48.5 Å². The number of benzene rings is 2. The molecule has 8 nitrogen and oxygen atoms in total. The van der Waals surface area contributed by atoms with Gasteiger partial charge in [0.2, 0.25) is 11.8 Å². The predicted octanol–water partition coefficient (Wildman–Crippen LogP) is 3.73. The van der Waals surface area contributed by atoms with Gasteiger partial charge in [-0.05, 0) is 63.1 Å². The Hall–Kier alpha value is -3.55. The van der Waals surface area contributed by atoms with Crippen molar-refractivity contribution in [3.05, 3.63) is 54.1 Å². The number of ether oxygens (including phenoxy) is 2. The summed E-state index contributed by atoms with van der Waals surface area (Å²) in [7, 11) is 1.60. The van der Waals surface area contributed by atoms with Gasteiger partial charge in [-0.1, -0.05) is 18.2 Å². The first-order valence-corrected chi connectivity index (χ1v) is 9.94. The number of anilines is 2. The van der Waals surface area contributed by atoms with Crippen LogP contribution in [0.2, 0.25) is 0 Å². The van der Waals surface area contributed by atoms with E-state index in [0.29, 0.717) is 24.2 Å². The van der Waals surface area contributed by atoms with E-state index in [1.807, 2.05) is 24.3 Å². The lowest BCUT2D eigenvalue weighted by Crippen LogP contribution is -2.37. The molecule has 0 spiro atoms. The van der Waals surface area contributed by atoms with Crippen LogP contribution in [0.3, 0.4) is 0 Å². The van der Waals surface area contributed by atoms with Gasteiger partial charge in [-0.25, -0.2) is 4.79 Å². The summed E-state index contributed by atoms with van der Waals surface area (Å²) in [5, 5.41) is 7.88. The molecule has 0 heterocycles. The summed E-state index contributed by atoms with van der Waals surface area (Å²) in [4.78, 5) is 35.9. The molecule has 0 aromatic heterocycles. The molecule has 0 radical (unpaired) electrons. The predicted molar refractivity (Wildman–Crippen MR) is 119 cm³/mol. The molecular formula is C23H29N3O5. The fourth-order valence-electron chi connectivity index (χ4n) is 2.66. The minimum absolute atomic E-state index is 0.141.